The van der Waals surface area contributed by atoms with Gasteiger partial charge >= 0.3 is 5.97 Å². The van der Waals surface area contributed by atoms with Crippen LogP contribution in [0.25, 0.3) is 0 Å². The second-order valence-corrected chi connectivity index (χ2v) is 11.7. The van der Waals surface area contributed by atoms with Gasteiger partial charge < -0.3 is 32.5 Å². The molecule has 14 nitrogen and oxygen atoms in total. The first-order chi connectivity index (χ1) is 23.4. The molecule has 2 aromatic carbocycles. The fourth-order valence-electron chi connectivity index (χ4n) is 5.29. The Labute approximate surface area is 283 Å². The summed E-state index contributed by atoms with van der Waals surface area (Å²) in [6, 6.07) is 11.9. The summed E-state index contributed by atoms with van der Waals surface area (Å²) >= 11 is 0. The molecule has 3 rings (SSSR count). The van der Waals surface area contributed by atoms with Gasteiger partial charge in [-0.3, -0.25) is 38.8 Å². The maximum Gasteiger partial charge on any atom is 0.305 e. The Morgan fingerprint density at radius 1 is 0.857 bits per heavy atom. The number of guanidine groups is 1. The van der Waals surface area contributed by atoms with E-state index in [0.717, 1.165) is 5.56 Å². The topological polar surface area (TPSA) is 235 Å². The van der Waals surface area contributed by atoms with Crippen molar-refractivity contribution in [2.24, 2.45) is 33.3 Å². The van der Waals surface area contributed by atoms with Crippen molar-refractivity contribution in [3.63, 3.8) is 0 Å². The fourth-order valence-corrected chi connectivity index (χ4v) is 5.29. The van der Waals surface area contributed by atoms with Crippen LogP contribution in [0.15, 0.2) is 64.6 Å². The van der Waals surface area contributed by atoms with Crippen LogP contribution in [0.1, 0.15) is 49.7 Å². The summed E-state index contributed by atoms with van der Waals surface area (Å²) < 4.78 is 13.3. The van der Waals surface area contributed by atoms with E-state index in [1.807, 2.05) is 0 Å². The maximum atomic E-state index is 13.9. The highest BCUT2D eigenvalue weighted by atomic mass is 19.1. The quantitative estimate of drug-likeness (QED) is 0.105. The molecule has 15 heteroatoms. The minimum Gasteiger partial charge on any atom is -0.481 e. The molecule has 0 bridgehead atoms. The molecule has 0 aliphatic carbocycles. The Morgan fingerprint density at radius 2 is 1.55 bits per heavy atom. The number of nitrogens with zero attached hydrogens (tertiary/aromatic N) is 2. The Morgan fingerprint density at radius 3 is 2.22 bits per heavy atom. The van der Waals surface area contributed by atoms with Gasteiger partial charge in [-0.25, -0.2) is 4.39 Å². The molecule has 0 aromatic heterocycles. The van der Waals surface area contributed by atoms with E-state index in [9.17, 15) is 38.3 Å². The van der Waals surface area contributed by atoms with Gasteiger partial charge in [0.1, 0.15) is 17.6 Å². The predicted octanol–water partition coefficient (Wildman–Crippen LogP) is 0.656. The molecule has 0 radical (unpaired) electrons. The highest BCUT2D eigenvalue weighted by Gasteiger charge is 2.33. The Bertz CT molecular complexity index is 1530. The number of rotatable bonds is 12. The molecule has 4 atom stereocenters. The van der Waals surface area contributed by atoms with Gasteiger partial charge in [0.05, 0.1) is 19.0 Å². The van der Waals surface area contributed by atoms with Crippen LogP contribution in [0, 0.1) is 17.7 Å². The number of nitrogens with two attached hydrogens (primary N) is 2. The molecular formula is C34H42FN7O7. The van der Waals surface area contributed by atoms with Gasteiger partial charge in [-0.05, 0) is 48.9 Å². The highest BCUT2D eigenvalue weighted by Crippen LogP contribution is 2.22. The standard InChI is InChI=1S/C34H42FN7O7/c35-25-10-8-22(9-11-25)19-38-14-12-23-16-28(43)24(15-21-5-2-1-3-6-21)17-29(44)27(18-31(46)47)41-30(45)20-40-33(49)26(42-32(23)48)7-4-13-39-34(36)37/h1-3,5-6,8-11,19,23-24,26-27H,4,7,12-18,20H2,(H,40,49)(H,41,45)(H,42,48)(H,46,47)(H4,36,37,39)/t23-,24-,26+,27?/m1/s1. The smallest absolute Gasteiger partial charge is 0.305 e. The lowest BCUT2D eigenvalue weighted by Gasteiger charge is -2.23. The first-order valence-corrected chi connectivity index (χ1v) is 15.9. The van der Waals surface area contributed by atoms with E-state index in [1.165, 1.54) is 30.5 Å². The normalized spacial score (nSPS) is 21.2. The molecule has 1 fully saturated rings. The zero-order valence-corrected chi connectivity index (χ0v) is 27.0. The molecule has 8 N–H and O–H groups in total. The summed E-state index contributed by atoms with van der Waals surface area (Å²) in [4.78, 5) is 86.9. The molecule has 1 unspecified atom stereocenters. The van der Waals surface area contributed by atoms with Gasteiger partial charge in [0.2, 0.25) is 17.7 Å². The van der Waals surface area contributed by atoms with Crippen molar-refractivity contribution >= 4 is 47.4 Å². The van der Waals surface area contributed by atoms with Crippen molar-refractivity contribution in [2.75, 3.05) is 19.6 Å². The fraction of sp³-hybridized carbons (Fsp3) is 0.412. The van der Waals surface area contributed by atoms with Gasteiger partial charge in [-0.2, -0.15) is 0 Å². The number of hydrogen-bond donors (Lipinski definition) is 6. The van der Waals surface area contributed by atoms with Crippen LogP contribution in [-0.2, 0) is 35.2 Å². The van der Waals surface area contributed by atoms with Gasteiger partial charge in [0.15, 0.2) is 11.7 Å². The molecular weight excluding hydrogens is 637 g/mol. The number of hydrogen-bond acceptors (Lipinski definition) is 8. The SMILES string of the molecule is NC(N)=NCCC[C@@H]1NC(=O)[C@H](CCN=Cc2ccc(F)cc2)CC(=O)[C@H](Cc2ccccc2)CC(=O)C(CC(=O)O)NC(=O)CNC1=O. The van der Waals surface area contributed by atoms with Gasteiger partial charge in [0.25, 0.3) is 0 Å². The highest BCUT2D eigenvalue weighted by molar-refractivity contribution is 5.98. The molecule has 1 aliphatic rings. The minimum absolute atomic E-state index is 0.0795. The number of halogens is 1. The molecule has 3 amide bonds. The Hall–Kier alpha value is -5.47. The minimum atomic E-state index is -1.45. The third-order valence-corrected chi connectivity index (χ3v) is 7.87. The van der Waals surface area contributed by atoms with Crippen LogP contribution in [0.5, 0.6) is 0 Å². The number of carboxylic acids is 1. The number of benzene rings is 2. The van der Waals surface area contributed by atoms with Crippen LogP contribution in [0.4, 0.5) is 4.39 Å². The van der Waals surface area contributed by atoms with E-state index in [0.29, 0.717) is 5.56 Å². The van der Waals surface area contributed by atoms with E-state index in [2.05, 4.69) is 25.9 Å². The summed E-state index contributed by atoms with van der Waals surface area (Å²) in [5.41, 5.74) is 12.1. The van der Waals surface area contributed by atoms with Crippen molar-refractivity contribution in [2.45, 2.75) is 57.0 Å². The lowest BCUT2D eigenvalue weighted by Crippen LogP contribution is -2.51. The summed E-state index contributed by atoms with van der Waals surface area (Å²) in [7, 11) is 0. The number of ketones is 2. The van der Waals surface area contributed by atoms with Gasteiger partial charge in [-0.15, -0.1) is 0 Å². The lowest BCUT2D eigenvalue weighted by molar-refractivity contribution is -0.140. The van der Waals surface area contributed by atoms with Crippen LogP contribution in [0.3, 0.4) is 0 Å². The average molecular weight is 680 g/mol. The van der Waals surface area contributed by atoms with Crippen molar-refractivity contribution in [3.05, 3.63) is 71.5 Å². The molecule has 0 saturated carbocycles. The zero-order chi connectivity index (χ0) is 35.8. The maximum absolute atomic E-state index is 13.9. The van der Waals surface area contributed by atoms with Crippen LogP contribution in [0.2, 0.25) is 0 Å². The third-order valence-electron chi connectivity index (χ3n) is 7.87. The van der Waals surface area contributed by atoms with Crippen LogP contribution in [-0.4, -0.2) is 84.3 Å². The second-order valence-electron chi connectivity index (χ2n) is 11.7. The lowest BCUT2D eigenvalue weighted by atomic mass is 9.83. The van der Waals surface area contributed by atoms with Crippen LogP contribution < -0.4 is 27.4 Å². The van der Waals surface area contributed by atoms with Crippen molar-refractivity contribution in [3.8, 4) is 0 Å². The molecule has 2 aromatic rings. The average Bonchev–Trinajstić information content (AvgIpc) is 3.06. The van der Waals surface area contributed by atoms with Gasteiger partial charge in [0, 0.05) is 44.0 Å². The van der Waals surface area contributed by atoms with Crippen LogP contribution >= 0.6 is 0 Å². The molecule has 1 saturated heterocycles. The monoisotopic (exact) mass is 679 g/mol. The largest absolute Gasteiger partial charge is 0.481 e. The van der Waals surface area contributed by atoms with E-state index < -0.39 is 78.0 Å². The summed E-state index contributed by atoms with van der Waals surface area (Å²) in [6.45, 7) is -0.343. The van der Waals surface area contributed by atoms with E-state index in [4.69, 9.17) is 11.5 Å². The van der Waals surface area contributed by atoms with Crippen molar-refractivity contribution < 1.29 is 38.3 Å². The number of carbonyl (C=O) groups excluding carboxylic acids is 5. The van der Waals surface area contributed by atoms with Crippen molar-refractivity contribution in [1.82, 2.24) is 16.0 Å². The first kappa shape index (κ1) is 38.0. The zero-order valence-electron chi connectivity index (χ0n) is 27.0. The van der Waals surface area contributed by atoms with E-state index in [-0.39, 0.29) is 57.6 Å². The van der Waals surface area contributed by atoms with E-state index in [1.54, 1.807) is 30.3 Å². The number of amides is 3. The van der Waals surface area contributed by atoms with Crippen molar-refractivity contribution in [1.29, 1.82) is 0 Å². The number of Topliss-reactive ketones (excluding diaryl/α,β-unsaturated/α-hetero) is 2. The number of nitrogens with one attached hydrogen (secondary N) is 3. The Kier molecular flexibility index (Phi) is 15.0. The molecule has 1 aliphatic heterocycles. The third kappa shape index (κ3) is 13.7. The number of carbonyl (C=O) groups is 6. The molecule has 0 spiro atoms. The Balaban J connectivity index is 1.94. The molecule has 262 valence electrons. The molecule has 1 heterocycles. The van der Waals surface area contributed by atoms with E-state index >= 15 is 0 Å². The first-order valence-electron chi connectivity index (χ1n) is 15.9. The second kappa shape index (κ2) is 19.4. The molecule has 49 heavy (non-hydrogen) atoms. The summed E-state index contributed by atoms with van der Waals surface area (Å²) in [5.74, 6) is -7.07. The number of aliphatic imine (C=N–C) groups is 2. The summed E-state index contributed by atoms with van der Waals surface area (Å²) in [6.07, 6.45) is 0.666. The number of aliphatic carboxylic acids is 1. The summed E-state index contributed by atoms with van der Waals surface area (Å²) in [5, 5.41) is 17.0. The van der Waals surface area contributed by atoms with Gasteiger partial charge in [-0.1, -0.05) is 42.5 Å². The number of carboxylic acid groups (broad SMARTS) is 1. The predicted molar refractivity (Wildman–Crippen MR) is 179 cm³/mol.